The normalized spacial score (nSPS) is 15.3. The second-order valence-corrected chi connectivity index (χ2v) is 5.35. The summed E-state index contributed by atoms with van der Waals surface area (Å²) in [4.78, 5) is 12.7. The van der Waals surface area contributed by atoms with E-state index in [0.717, 1.165) is 22.3 Å². The molecule has 0 aliphatic carbocycles. The summed E-state index contributed by atoms with van der Waals surface area (Å²) >= 11 is 0. The molecule has 3 heteroatoms. The van der Waals surface area contributed by atoms with Crippen LogP contribution in [0.5, 0.6) is 0 Å². The van der Waals surface area contributed by atoms with E-state index in [4.69, 9.17) is 9.47 Å². The monoisotopic (exact) mass is 282 g/mol. The average Bonchev–Trinajstić information content (AvgIpc) is 3.01. The van der Waals surface area contributed by atoms with Crippen molar-refractivity contribution in [3.8, 4) is 0 Å². The van der Waals surface area contributed by atoms with E-state index < -0.39 is 0 Å². The standard InChI is InChI=1S/C18H18O3/c1-12-6-7-16(13(2)10-12)17(19)14-4-3-5-15(11-14)18-20-8-9-21-18/h3-7,10-11,18H,8-9H2,1-2H3. The van der Waals surface area contributed by atoms with E-state index in [-0.39, 0.29) is 12.1 Å². The fourth-order valence-corrected chi connectivity index (χ4v) is 2.60. The first-order valence-electron chi connectivity index (χ1n) is 7.10. The van der Waals surface area contributed by atoms with Gasteiger partial charge in [-0.05, 0) is 25.5 Å². The lowest BCUT2D eigenvalue weighted by molar-refractivity contribution is -0.0441. The third-order valence-corrected chi connectivity index (χ3v) is 3.67. The van der Waals surface area contributed by atoms with Gasteiger partial charge in [0, 0.05) is 16.7 Å². The van der Waals surface area contributed by atoms with E-state index in [1.807, 2.05) is 56.3 Å². The first-order chi connectivity index (χ1) is 10.1. The Morgan fingerprint density at radius 2 is 1.81 bits per heavy atom. The molecule has 1 saturated heterocycles. The molecule has 2 aromatic carbocycles. The summed E-state index contributed by atoms with van der Waals surface area (Å²) in [6, 6.07) is 13.4. The molecule has 0 spiro atoms. The Hall–Kier alpha value is -1.97. The highest BCUT2D eigenvalue weighted by Crippen LogP contribution is 2.25. The van der Waals surface area contributed by atoms with Crippen LogP contribution in [0, 0.1) is 13.8 Å². The van der Waals surface area contributed by atoms with Crippen LogP contribution in [0.3, 0.4) is 0 Å². The number of aryl methyl sites for hydroxylation is 2. The first kappa shape index (κ1) is 14.0. The van der Waals surface area contributed by atoms with Gasteiger partial charge in [0.2, 0.25) is 0 Å². The minimum atomic E-state index is -0.350. The van der Waals surface area contributed by atoms with Crippen LogP contribution in [0.1, 0.15) is 38.9 Å². The molecule has 2 aromatic rings. The van der Waals surface area contributed by atoms with Crippen molar-refractivity contribution in [3.05, 3.63) is 70.3 Å². The minimum Gasteiger partial charge on any atom is -0.346 e. The van der Waals surface area contributed by atoms with Crippen molar-refractivity contribution in [3.63, 3.8) is 0 Å². The van der Waals surface area contributed by atoms with Crippen LogP contribution in [0.15, 0.2) is 42.5 Å². The minimum absolute atomic E-state index is 0.0346. The summed E-state index contributed by atoms with van der Waals surface area (Å²) in [5.41, 5.74) is 4.46. The molecule has 0 amide bonds. The van der Waals surface area contributed by atoms with E-state index in [1.54, 1.807) is 0 Å². The molecule has 1 heterocycles. The Kier molecular flexibility index (Phi) is 3.86. The molecule has 0 N–H and O–H groups in total. The van der Waals surface area contributed by atoms with E-state index in [0.29, 0.717) is 18.8 Å². The molecule has 0 saturated carbocycles. The van der Waals surface area contributed by atoms with Gasteiger partial charge in [0.15, 0.2) is 12.1 Å². The topological polar surface area (TPSA) is 35.5 Å². The molecule has 3 nitrogen and oxygen atoms in total. The van der Waals surface area contributed by atoms with Crippen LogP contribution >= 0.6 is 0 Å². The van der Waals surface area contributed by atoms with Gasteiger partial charge in [0.1, 0.15) is 0 Å². The third-order valence-electron chi connectivity index (χ3n) is 3.67. The fourth-order valence-electron chi connectivity index (χ4n) is 2.60. The molecule has 1 aliphatic heterocycles. The van der Waals surface area contributed by atoms with Gasteiger partial charge < -0.3 is 9.47 Å². The Labute approximate surface area is 124 Å². The Bertz CT molecular complexity index is 670. The number of ketones is 1. The van der Waals surface area contributed by atoms with E-state index >= 15 is 0 Å². The summed E-state index contributed by atoms with van der Waals surface area (Å²) in [6.07, 6.45) is -0.350. The maximum atomic E-state index is 12.7. The Morgan fingerprint density at radius 3 is 2.52 bits per heavy atom. The van der Waals surface area contributed by atoms with Crippen LogP contribution in [0.2, 0.25) is 0 Å². The van der Waals surface area contributed by atoms with Crippen molar-refractivity contribution < 1.29 is 14.3 Å². The number of carbonyl (C=O) groups is 1. The second kappa shape index (κ2) is 5.80. The van der Waals surface area contributed by atoms with E-state index in [2.05, 4.69) is 0 Å². The third kappa shape index (κ3) is 2.89. The largest absolute Gasteiger partial charge is 0.346 e. The predicted octanol–water partition coefficient (Wildman–Crippen LogP) is 3.58. The quantitative estimate of drug-likeness (QED) is 0.807. The molecule has 0 radical (unpaired) electrons. The molecule has 1 aliphatic rings. The lowest BCUT2D eigenvalue weighted by Gasteiger charge is -2.11. The van der Waals surface area contributed by atoms with Crippen molar-refractivity contribution in [1.29, 1.82) is 0 Å². The van der Waals surface area contributed by atoms with Crippen LogP contribution in [0.4, 0.5) is 0 Å². The van der Waals surface area contributed by atoms with Gasteiger partial charge in [0.25, 0.3) is 0 Å². The number of hydrogen-bond donors (Lipinski definition) is 0. The smallest absolute Gasteiger partial charge is 0.193 e. The van der Waals surface area contributed by atoms with Crippen LogP contribution in [0.25, 0.3) is 0 Å². The van der Waals surface area contributed by atoms with Crippen molar-refractivity contribution in [1.82, 2.24) is 0 Å². The molecule has 0 unspecified atom stereocenters. The van der Waals surface area contributed by atoms with Crippen molar-refractivity contribution >= 4 is 5.78 Å². The molecule has 0 atom stereocenters. The number of rotatable bonds is 3. The molecule has 1 fully saturated rings. The predicted molar refractivity (Wildman–Crippen MR) is 80.4 cm³/mol. The van der Waals surface area contributed by atoms with Gasteiger partial charge in [-0.25, -0.2) is 0 Å². The van der Waals surface area contributed by atoms with E-state index in [9.17, 15) is 4.79 Å². The van der Waals surface area contributed by atoms with Gasteiger partial charge >= 0.3 is 0 Å². The van der Waals surface area contributed by atoms with Crippen LogP contribution in [-0.2, 0) is 9.47 Å². The maximum Gasteiger partial charge on any atom is 0.193 e. The summed E-state index contributed by atoms with van der Waals surface area (Å²) in [5.74, 6) is 0.0346. The second-order valence-electron chi connectivity index (χ2n) is 5.35. The molecule has 0 bridgehead atoms. The van der Waals surface area contributed by atoms with Crippen molar-refractivity contribution in [2.75, 3.05) is 13.2 Å². The summed E-state index contributed by atoms with van der Waals surface area (Å²) in [7, 11) is 0. The molecule has 0 aromatic heterocycles. The lowest BCUT2D eigenvalue weighted by atomic mass is 9.96. The Morgan fingerprint density at radius 1 is 1.05 bits per heavy atom. The number of hydrogen-bond acceptors (Lipinski definition) is 3. The van der Waals surface area contributed by atoms with Gasteiger partial charge in [-0.3, -0.25) is 4.79 Å². The zero-order chi connectivity index (χ0) is 14.8. The Balaban J connectivity index is 1.92. The molecular formula is C18H18O3. The van der Waals surface area contributed by atoms with Crippen LogP contribution < -0.4 is 0 Å². The van der Waals surface area contributed by atoms with Gasteiger partial charge in [0.05, 0.1) is 13.2 Å². The van der Waals surface area contributed by atoms with Crippen molar-refractivity contribution in [2.45, 2.75) is 20.1 Å². The average molecular weight is 282 g/mol. The number of ether oxygens (including phenoxy) is 2. The van der Waals surface area contributed by atoms with Gasteiger partial charge in [-0.2, -0.15) is 0 Å². The van der Waals surface area contributed by atoms with Gasteiger partial charge in [-0.15, -0.1) is 0 Å². The molecule has 108 valence electrons. The molecule has 21 heavy (non-hydrogen) atoms. The molecule has 3 rings (SSSR count). The number of carbonyl (C=O) groups excluding carboxylic acids is 1. The zero-order valence-electron chi connectivity index (χ0n) is 12.3. The first-order valence-corrected chi connectivity index (χ1v) is 7.10. The highest BCUT2D eigenvalue weighted by Gasteiger charge is 2.20. The summed E-state index contributed by atoms with van der Waals surface area (Å²) < 4.78 is 11.0. The summed E-state index contributed by atoms with van der Waals surface area (Å²) in [5, 5.41) is 0. The summed E-state index contributed by atoms with van der Waals surface area (Å²) in [6.45, 7) is 5.18. The number of benzene rings is 2. The molecular weight excluding hydrogens is 264 g/mol. The zero-order valence-corrected chi connectivity index (χ0v) is 12.3. The maximum absolute atomic E-state index is 12.7. The highest BCUT2D eigenvalue weighted by atomic mass is 16.7. The lowest BCUT2D eigenvalue weighted by Crippen LogP contribution is -2.06. The fraction of sp³-hybridized carbons (Fsp3) is 0.278. The highest BCUT2D eigenvalue weighted by molar-refractivity contribution is 6.10. The SMILES string of the molecule is Cc1ccc(C(=O)c2cccc(C3OCCO3)c2)c(C)c1. The van der Waals surface area contributed by atoms with Gasteiger partial charge in [-0.1, -0.05) is 42.0 Å². The van der Waals surface area contributed by atoms with Crippen molar-refractivity contribution in [2.24, 2.45) is 0 Å². The van der Waals surface area contributed by atoms with E-state index in [1.165, 1.54) is 0 Å². The van der Waals surface area contributed by atoms with Crippen LogP contribution in [-0.4, -0.2) is 19.0 Å².